The number of phenolic OH excluding ortho intramolecular Hbond substituents is 1. The topological polar surface area (TPSA) is 53.6 Å². The molecule has 0 bridgehead atoms. The Bertz CT molecular complexity index is 418. The monoisotopic (exact) mass is 208 g/mol. The van der Waals surface area contributed by atoms with Crippen molar-refractivity contribution in [2.24, 2.45) is 0 Å². The Kier molecular flexibility index (Phi) is 4.18. The van der Waals surface area contributed by atoms with Gasteiger partial charge in [0, 0.05) is 17.6 Å². The summed E-state index contributed by atoms with van der Waals surface area (Å²) in [5, 5.41) is 18.9. The lowest BCUT2D eigenvalue weighted by Crippen LogP contribution is -1.87. The number of aliphatic hydroxyl groups excluding tert-OH is 1. The van der Waals surface area contributed by atoms with Gasteiger partial charge in [-0.2, -0.15) is 0 Å². The average molecular weight is 208 g/mol. The molecule has 2 aromatic rings. The highest BCUT2D eigenvalue weighted by atomic mass is 16.3. The Morgan fingerprint density at radius 2 is 2.00 bits per heavy atom. The zero-order chi connectivity index (χ0) is 11.3. The fourth-order valence-electron chi connectivity index (χ4n) is 1.38. The maximum atomic E-state index is 9.24. The van der Waals surface area contributed by atoms with E-state index in [0.717, 1.165) is 16.5 Å². The van der Waals surface area contributed by atoms with Crippen LogP contribution < -0.4 is 0 Å². The Labute approximate surface area is 89.0 Å². The second-order valence-corrected chi connectivity index (χ2v) is 2.92. The number of benzene rings is 1. The van der Waals surface area contributed by atoms with Gasteiger partial charge in [-0.1, -0.05) is 13.8 Å². The molecular weight excluding hydrogens is 192 g/mol. The third kappa shape index (κ3) is 2.50. The Balaban J connectivity index is 0.000000531. The minimum Gasteiger partial charge on any atom is -0.508 e. The highest BCUT2D eigenvalue weighted by molar-refractivity contribution is 5.82. The second-order valence-electron chi connectivity index (χ2n) is 2.92. The van der Waals surface area contributed by atoms with E-state index in [9.17, 15) is 5.11 Å². The first-order valence-corrected chi connectivity index (χ1v) is 5.11. The molecule has 0 atom stereocenters. The average Bonchev–Trinajstić information content (AvgIpc) is 2.65. The largest absolute Gasteiger partial charge is 0.508 e. The molecule has 0 aliphatic heterocycles. The Morgan fingerprint density at radius 3 is 2.67 bits per heavy atom. The number of hydrogen-bond acceptors (Lipinski definition) is 3. The normalized spacial score (nSPS) is 9.80. The van der Waals surface area contributed by atoms with E-state index in [1.807, 2.05) is 13.8 Å². The molecule has 3 heteroatoms. The molecule has 1 aromatic heterocycles. The number of aliphatic hydroxyl groups is 1. The number of fused-ring (bicyclic) bond motifs is 1. The first-order valence-electron chi connectivity index (χ1n) is 5.11. The molecule has 0 saturated carbocycles. The third-order valence-electron chi connectivity index (χ3n) is 2.02. The molecule has 15 heavy (non-hydrogen) atoms. The van der Waals surface area contributed by atoms with Crippen molar-refractivity contribution in [1.82, 2.24) is 0 Å². The minimum atomic E-state index is 0.0876. The van der Waals surface area contributed by atoms with E-state index in [4.69, 9.17) is 9.52 Å². The van der Waals surface area contributed by atoms with E-state index in [1.54, 1.807) is 24.5 Å². The molecular formula is C12H16O3. The number of aromatic hydroxyl groups is 1. The highest BCUT2D eigenvalue weighted by Gasteiger charge is 2.05. The lowest BCUT2D eigenvalue weighted by atomic mass is 10.1. The molecule has 82 valence electrons. The van der Waals surface area contributed by atoms with Crippen LogP contribution in [0.4, 0.5) is 0 Å². The molecule has 0 aliphatic carbocycles. The van der Waals surface area contributed by atoms with E-state index < -0.39 is 0 Å². The number of hydrogen-bond donors (Lipinski definition) is 2. The van der Waals surface area contributed by atoms with Crippen LogP contribution in [0.2, 0.25) is 0 Å². The zero-order valence-electron chi connectivity index (χ0n) is 9.03. The van der Waals surface area contributed by atoms with Crippen molar-refractivity contribution in [3.8, 4) is 5.75 Å². The predicted molar refractivity (Wildman–Crippen MR) is 60.0 cm³/mol. The van der Waals surface area contributed by atoms with Crippen molar-refractivity contribution in [2.75, 3.05) is 6.61 Å². The van der Waals surface area contributed by atoms with Crippen molar-refractivity contribution in [1.29, 1.82) is 0 Å². The summed E-state index contributed by atoms with van der Waals surface area (Å²) >= 11 is 0. The molecule has 0 fully saturated rings. The molecule has 0 radical (unpaired) electrons. The van der Waals surface area contributed by atoms with Gasteiger partial charge in [0.1, 0.15) is 11.3 Å². The predicted octanol–water partition coefficient (Wildman–Crippen LogP) is 2.70. The van der Waals surface area contributed by atoms with Crippen LogP contribution in [0.5, 0.6) is 5.75 Å². The van der Waals surface area contributed by atoms with Gasteiger partial charge in [0.2, 0.25) is 0 Å². The summed E-state index contributed by atoms with van der Waals surface area (Å²) in [7, 11) is 0. The highest BCUT2D eigenvalue weighted by Crippen LogP contribution is 2.25. The first kappa shape index (κ1) is 11.6. The molecule has 0 aliphatic rings. The van der Waals surface area contributed by atoms with Gasteiger partial charge in [0.05, 0.1) is 6.26 Å². The summed E-state index contributed by atoms with van der Waals surface area (Å²) in [6.07, 6.45) is 2.16. The summed E-state index contributed by atoms with van der Waals surface area (Å²) in [5.74, 6) is 0.216. The first-order chi connectivity index (χ1) is 7.31. The van der Waals surface area contributed by atoms with E-state index in [0.29, 0.717) is 6.42 Å². The van der Waals surface area contributed by atoms with Gasteiger partial charge >= 0.3 is 0 Å². The molecule has 0 amide bonds. The van der Waals surface area contributed by atoms with E-state index >= 15 is 0 Å². The number of phenols is 1. The minimum absolute atomic E-state index is 0.0876. The van der Waals surface area contributed by atoms with Crippen LogP contribution >= 0.6 is 0 Å². The summed E-state index contributed by atoms with van der Waals surface area (Å²) in [6, 6.07) is 4.93. The van der Waals surface area contributed by atoms with Gasteiger partial charge in [-0.05, 0) is 24.6 Å². The quantitative estimate of drug-likeness (QED) is 0.797. The Hall–Kier alpha value is -1.48. The smallest absolute Gasteiger partial charge is 0.134 e. The fourth-order valence-corrected chi connectivity index (χ4v) is 1.38. The van der Waals surface area contributed by atoms with Crippen LogP contribution in [0.15, 0.2) is 28.9 Å². The van der Waals surface area contributed by atoms with Gasteiger partial charge in [-0.3, -0.25) is 0 Å². The molecule has 0 unspecified atom stereocenters. The van der Waals surface area contributed by atoms with Gasteiger partial charge in [-0.15, -0.1) is 0 Å². The van der Waals surface area contributed by atoms with Crippen LogP contribution in [0, 0.1) is 0 Å². The molecule has 2 rings (SSSR count). The van der Waals surface area contributed by atoms with Crippen LogP contribution in [-0.2, 0) is 6.42 Å². The van der Waals surface area contributed by atoms with E-state index in [-0.39, 0.29) is 12.4 Å². The second kappa shape index (κ2) is 5.41. The summed E-state index contributed by atoms with van der Waals surface area (Å²) in [4.78, 5) is 0. The molecule has 3 nitrogen and oxygen atoms in total. The van der Waals surface area contributed by atoms with Gasteiger partial charge in [0.25, 0.3) is 0 Å². The SMILES string of the molecule is CC.OCCc1coc2ccc(O)cc12. The maximum Gasteiger partial charge on any atom is 0.134 e. The lowest BCUT2D eigenvalue weighted by Gasteiger charge is -1.94. The summed E-state index contributed by atoms with van der Waals surface area (Å²) < 4.78 is 5.23. The van der Waals surface area contributed by atoms with Gasteiger partial charge in [0.15, 0.2) is 0 Å². The van der Waals surface area contributed by atoms with Crippen LogP contribution in [0.3, 0.4) is 0 Å². The van der Waals surface area contributed by atoms with Crippen LogP contribution in [0.25, 0.3) is 11.0 Å². The maximum absolute atomic E-state index is 9.24. The van der Waals surface area contributed by atoms with Crippen LogP contribution in [-0.4, -0.2) is 16.8 Å². The molecule has 1 heterocycles. The standard InChI is InChI=1S/C10H10O3.C2H6/c11-4-3-7-6-13-10-2-1-8(12)5-9(7)10;1-2/h1-2,5-6,11-12H,3-4H2;1-2H3. The zero-order valence-corrected chi connectivity index (χ0v) is 9.03. The van der Waals surface area contributed by atoms with Crippen molar-refractivity contribution in [2.45, 2.75) is 20.3 Å². The molecule has 2 N–H and O–H groups in total. The molecule has 1 aromatic carbocycles. The van der Waals surface area contributed by atoms with Crippen molar-refractivity contribution < 1.29 is 14.6 Å². The van der Waals surface area contributed by atoms with Crippen molar-refractivity contribution >= 4 is 11.0 Å². The van der Waals surface area contributed by atoms with Gasteiger partial charge in [-0.25, -0.2) is 0 Å². The van der Waals surface area contributed by atoms with Crippen molar-refractivity contribution in [3.05, 3.63) is 30.0 Å². The van der Waals surface area contributed by atoms with Gasteiger partial charge < -0.3 is 14.6 Å². The number of rotatable bonds is 2. The summed E-state index contributed by atoms with van der Waals surface area (Å²) in [6.45, 7) is 4.09. The third-order valence-corrected chi connectivity index (χ3v) is 2.02. The van der Waals surface area contributed by atoms with E-state index in [2.05, 4.69) is 0 Å². The lowest BCUT2D eigenvalue weighted by molar-refractivity contribution is 0.299. The van der Waals surface area contributed by atoms with Crippen LogP contribution in [0.1, 0.15) is 19.4 Å². The van der Waals surface area contributed by atoms with Crippen molar-refractivity contribution in [3.63, 3.8) is 0 Å². The molecule has 0 saturated heterocycles. The van der Waals surface area contributed by atoms with E-state index in [1.165, 1.54) is 0 Å². The number of furan rings is 1. The Morgan fingerprint density at radius 1 is 1.27 bits per heavy atom. The molecule has 0 spiro atoms. The summed E-state index contributed by atoms with van der Waals surface area (Å²) in [5.41, 5.74) is 1.66. The fraction of sp³-hybridized carbons (Fsp3) is 0.333.